The van der Waals surface area contributed by atoms with Gasteiger partial charge in [0.1, 0.15) is 17.9 Å². The third-order valence-corrected chi connectivity index (χ3v) is 4.95. The Morgan fingerprint density at radius 1 is 1.00 bits per heavy atom. The predicted octanol–water partition coefficient (Wildman–Crippen LogP) is 2.38. The number of methoxy groups -OCH3 is 1. The molecule has 0 fully saturated rings. The number of amides is 2. The van der Waals surface area contributed by atoms with Crippen molar-refractivity contribution in [2.45, 2.75) is 31.8 Å². The van der Waals surface area contributed by atoms with Crippen molar-refractivity contribution in [3.05, 3.63) is 69.0 Å². The summed E-state index contributed by atoms with van der Waals surface area (Å²) in [5.74, 6) is -2.11. The Morgan fingerprint density at radius 2 is 1.66 bits per heavy atom. The van der Waals surface area contributed by atoms with Crippen molar-refractivity contribution in [3.63, 3.8) is 0 Å². The van der Waals surface area contributed by atoms with E-state index in [0.717, 1.165) is 9.13 Å². The molecule has 29 heavy (non-hydrogen) atoms. The van der Waals surface area contributed by atoms with E-state index in [0.29, 0.717) is 0 Å². The third kappa shape index (κ3) is 7.12. The molecule has 0 radical (unpaired) electrons. The standard InChI is InChI=1S/C21H22FIN2O4/c1-13(26)24-18(12-15-5-3-4-6-17(15)22)20(27)25-19(21(28)29-2)11-14-7-9-16(23)10-8-14/h3-10,18-19H,11-12H2,1-2H3,(H,24,26)(H,25,27)/t18-,19-/m0/s1. The lowest BCUT2D eigenvalue weighted by Crippen LogP contribution is -2.53. The zero-order valence-corrected chi connectivity index (χ0v) is 18.2. The van der Waals surface area contributed by atoms with Crippen molar-refractivity contribution >= 4 is 40.4 Å². The van der Waals surface area contributed by atoms with E-state index in [1.54, 1.807) is 18.2 Å². The van der Waals surface area contributed by atoms with E-state index in [4.69, 9.17) is 4.74 Å². The van der Waals surface area contributed by atoms with Crippen LogP contribution in [0.5, 0.6) is 0 Å². The van der Waals surface area contributed by atoms with Crippen molar-refractivity contribution in [3.8, 4) is 0 Å². The molecule has 0 heterocycles. The molecular weight excluding hydrogens is 490 g/mol. The number of nitrogens with one attached hydrogen (secondary N) is 2. The van der Waals surface area contributed by atoms with Gasteiger partial charge in [0.2, 0.25) is 11.8 Å². The van der Waals surface area contributed by atoms with E-state index in [2.05, 4.69) is 33.2 Å². The number of benzene rings is 2. The Kier molecular flexibility index (Phi) is 8.56. The lowest BCUT2D eigenvalue weighted by molar-refractivity contribution is -0.145. The van der Waals surface area contributed by atoms with Crippen LogP contribution in [0.1, 0.15) is 18.1 Å². The lowest BCUT2D eigenvalue weighted by atomic mass is 10.0. The van der Waals surface area contributed by atoms with Gasteiger partial charge in [-0.2, -0.15) is 0 Å². The molecule has 0 aliphatic rings. The summed E-state index contributed by atoms with van der Waals surface area (Å²) in [5.41, 5.74) is 1.12. The molecule has 0 aliphatic heterocycles. The number of esters is 1. The molecule has 2 aromatic rings. The molecule has 0 unspecified atom stereocenters. The zero-order valence-electron chi connectivity index (χ0n) is 16.1. The topological polar surface area (TPSA) is 84.5 Å². The first-order valence-corrected chi connectivity index (χ1v) is 10.0. The molecule has 2 atom stereocenters. The van der Waals surface area contributed by atoms with Crippen LogP contribution in [0.3, 0.4) is 0 Å². The molecule has 0 bridgehead atoms. The van der Waals surface area contributed by atoms with Gasteiger partial charge >= 0.3 is 5.97 Å². The van der Waals surface area contributed by atoms with Gasteiger partial charge in [0.05, 0.1) is 7.11 Å². The summed E-state index contributed by atoms with van der Waals surface area (Å²) in [6, 6.07) is 11.5. The highest BCUT2D eigenvalue weighted by Gasteiger charge is 2.27. The molecule has 0 saturated heterocycles. The largest absolute Gasteiger partial charge is 0.467 e. The average molecular weight is 512 g/mol. The highest BCUT2D eigenvalue weighted by Crippen LogP contribution is 2.12. The van der Waals surface area contributed by atoms with Crippen molar-refractivity contribution in [2.24, 2.45) is 0 Å². The van der Waals surface area contributed by atoms with Crippen LogP contribution in [0.15, 0.2) is 48.5 Å². The van der Waals surface area contributed by atoms with E-state index < -0.39 is 35.7 Å². The minimum atomic E-state index is -1.03. The number of hydrogen-bond acceptors (Lipinski definition) is 4. The fraction of sp³-hybridized carbons (Fsp3) is 0.286. The van der Waals surface area contributed by atoms with Crippen LogP contribution in [0.4, 0.5) is 4.39 Å². The maximum absolute atomic E-state index is 14.0. The molecule has 2 N–H and O–H groups in total. The molecular formula is C21H22FIN2O4. The summed E-state index contributed by atoms with van der Waals surface area (Å²) in [5, 5.41) is 5.14. The monoisotopic (exact) mass is 512 g/mol. The quantitative estimate of drug-likeness (QED) is 0.421. The SMILES string of the molecule is COC(=O)[C@H](Cc1ccc(I)cc1)NC(=O)[C@H](Cc1ccccc1F)NC(C)=O. The van der Waals surface area contributed by atoms with Gasteiger partial charge in [0.25, 0.3) is 0 Å². The van der Waals surface area contributed by atoms with Crippen LogP contribution in [0.2, 0.25) is 0 Å². The average Bonchev–Trinajstić information content (AvgIpc) is 2.69. The molecule has 0 saturated carbocycles. The zero-order chi connectivity index (χ0) is 21.4. The maximum Gasteiger partial charge on any atom is 0.328 e. The van der Waals surface area contributed by atoms with Gasteiger partial charge in [-0.3, -0.25) is 9.59 Å². The molecule has 6 nitrogen and oxygen atoms in total. The summed E-state index contributed by atoms with van der Waals surface area (Å²) in [6.45, 7) is 1.27. The molecule has 8 heteroatoms. The van der Waals surface area contributed by atoms with Gasteiger partial charge in [-0.15, -0.1) is 0 Å². The number of carbonyl (C=O) groups is 3. The number of rotatable bonds is 8. The van der Waals surface area contributed by atoms with Gasteiger partial charge in [0.15, 0.2) is 0 Å². The minimum Gasteiger partial charge on any atom is -0.467 e. The third-order valence-electron chi connectivity index (χ3n) is 4.23. The second-order valence-electron chi connectivity index (χ2n) is 6.46. The van der Waals surface area contributed by atoms with E-state index in [9.17, 15) is 18.8 Å². The first-order chi connectivity index (χ1) is 13.8. The first kappa shape index (κ1) is 22.8. The summed E-state index contributed by atoms with van der Waals surface area (Å²) in [4.78, 5) is 36.6. The van der Waals surface area contributed by atoms with Gasteiger partial charge in [0, 0.05) is 23.3 Å². The van der Waals surface area contributed by atoms with Crippen LogP contribution < -0.4 is 10.6 Å². The van der Waals surface area contributed by atoms with Crippen LogP contribution in [-0.4, -0.2) is 37.0 Å². The first-order valence-electron chi connectivity index (χ1n) is 8.93. The Hall–Kier alpha value is -2.49. The van der Waals surface area contributed by atoms with Gasteiger partial charge < -0.3 is 15.4 Å². The fourth-order valence-electron chi connectivity index (χ4n) is 2.80. The Balaban J connectivity index is 2.17. The molecule has 0 aromatic heterocycles. The second kappa shape index (κ2) is 10.9. The highest BCUT2D eigenvalue weighted by atomic mass is 127. The van der Waals surface area contributed by atoms with Gasteiger partial charge in [-0.1, -0.05) is 30.3 Å². The molecule has 0 aliphatic carbocycles. The van der Waals surface area contributed by atoms with Crippen molar-refractivity contribution in [2.75, 3.05) is 7.11 Å². The summed E-state index contributed by atoms with van der Waals surface area (Å²) in [6.07, 6.45) is 0.178. The normalized spacial score (nSPS) is 12.6. The summed E-state index contributed by atoms with van der Waals surface area (Å²) >= 11 is 2.17. The maximum atomic E-state index is 14.0. The van der Waals surface area contributed by atoms with Gasteiger partial charge in [-0.05, 0) is 51.9 Å². The number of hydrogen-bond donors (Lipinski definition) is 2. The second-order valence-corrected chi connectivity index (χ2v) is 7.71. The van der Waals surface area contributed by atoms with E-state index in [1.165, 1.54) is 20.1 Å². The van der Waals surface area contributed by atoms with Crippen molar-refractivity contribution < 1.29 is 23.5 Å². The number of ether oxygens (including phenoxy) is 1. The van der Waals surface area contributed by atoms with Gasteiger partial charge in [-0.25, -0.2) is 9.18 Å². The number of carbonyl (C=O) groups excluding carboxylic acids is 3. The Morgan fingerprint density at radius 3 is 2.24 bits per heavy atom. The predicted molar refractivity (Wildman–Crippen MR) is 115 cm³/mol. The lowest BCUT2D eigenvalue weighted by Gasteiger charge is -2.22. The van der Waals surface area contributed by atoms with Crippen molar-refractivity contribution in [1.29, 1.82) is 0 Å². The van der Waals surface area contributed by atoms with Crippen LogP contribution in [0.25, 0.3) is 0 Å². The Labute approximate surface area is 182 Å². The van der Waals surface area contributed by atoms with Crippen molar-refractivity contribution in [1.82, 2.24) is 10.6 Å². The van der Waals surface area contributed by atoms with Crippen LogP contribution in [-0.2, 0) is 32.0 Å². The smallest absolute Gasteiger partial charge is 0.328 e. The molecule has 2 amide bonds. The molecule has 2 aromatic carbocycles. The highest BCUT2D eigenvalue weighted by molar-refractivity contribution is 14.1. The van der Waals surface area contributed by atoms with Crippen LogP contribution >= 0.6 is 22.6 Å². The van der Waals surface area contributed by atoms with E-state index in [-0.39, 0.29) is 18.4 Å². The number of halogens is 2. The minimum absolute atomic E-state index is 0.0461. The molecule has 154 valence electrons. The van der Waals surface area contributed by atoms with E-state index in [1.807, 2.05) is 24.3 Å². The Bertz CT molecular complexity index is 873. The summed E-state index contributed by atoms with van der Waals surface area (Å²) < 4.78 is 19.8. The van der Waals surface area contributed by atoms with Crippen LogP contribution in [0, 0.1) is 9.39 Å². The molecule has 2 rings (SSSR count). The fourth-order valence-corrected chi connectivity index (χ4v) is 3.16. The molecule has 0 spiro atoms. The van der Waals surface area contributed by atoms with E-state index >= 15 is 0 Å². The summed E-state index contributed by atoms with van der Waals surface area (Å²) in [7, 11) is 1.24.